The van der Waals surface area contributed by atoms with E-state index in [1.165, 1.54) is 6.07 Å². The zero-order chi connectivity index (χ0) is 14.0. The lowest BCUT2D eigenvalue weighted by Crippen LogP contribution is -2.21. The van der Waals surface area contributed by atoms with Crippen LogP contribution in [0.2, 0.25) is 0 Å². The van der Waals surface area contributed by atoms with Gasteiger partial charge in [0.05, 0.1) is 5.56 Å². The number of halogens is 7. The van der Waals surface area contributed by atoms with Crippen molar-refractivity contribution < 1.29 is 31.1 Å². The van der Waals surface area contributed by atoms with Crippen LogP contribution in [-0.2, 0) is 11.5 Å². The molecule has 0 bridgehead atoms. The first-order chi connectivity index (χ1) is 8.13. The molecule has 0 radical (unpaired) electrons. The molecule has 18 heavy (non-hydrogen) atoms. The molecule has 0 aliphatic carbocycles. The van der Waals surface area contributed by atoms with E-state index < -0.39 is 30.3 Å². The van der Waals surface area contributed by atoms with Gasteiger partial charge in [0.2, 0.25) is 0 Å². The minimum absolute atomic E-state index is 0.162. The van der Waals surface area contributed by atoms with Crippen LogP contribution in [0, 0.1) is 0 Å². The maximum absolute atomic E-state index is 12.6. The Balaban J connectivity index is 3.03. The van der Waals surface area contributed by atoms with E-state index in [9.17, 15) is 26.3 Å². The van der Waals surface area contributed by atoms with Crippen molar-refractivity contribution in [1.29, 1.82) is 0 Å². The summed E-state index contributed by atoms with van der Waals surface area (Å²) in [6.45, 7) is -1.76. The van der Waals surface area contributed by atoms with Crippen LogP contribution in [0.25, 0.3) is 0 Å². The highest BCUT2D eigenvalue weighted by molar-refractivity contribution is 9.08. The van der Waals surface area contributed by atoms with E-state index in [1.807, 2.05) is 0 Å². The minimum atomic E-state index is -4.76. The summed E-state index contributed by atoms with van der Waals surface area (Å²) in [4.78, 5) is 0. The van der Waals surface area contributed by atoms with Crippen LogP contribution in [0.4, 0.5) is 26.3 Å². The normalized spacial score (nSPS) is 12.6. The van der Waals surface area contributed by atoms with Crippen LogP contribution in [0.1, 0.15) is 11.1 Å². The van der Waals surface area contributed by atoms with Crippen molar-refractivity contribution in [2.24, 2.45) is 0 Å². The fourth-order valence-electron chi connectivity index (χ4n) is 1.17. The van der Waals surface area contributed by atoms with Gasteiger partial charge in [0.25, 0.3) is 0 Å². The number of rotatable bonds is 3. The van der Waals surface area contributed by atoms with Crippen molar-refractivity contribution in [3.8, 4) is 5.75 Å². The monoisotopic (exact) mass is 336 g/mol. The average Bonchev–Trinajstić information content (AvgIpc) is 2.24. The van der Waals surface area contributed by atoms with Crippen molar-refractivity contribution in [1.82, 2.24) is 0 Å². The maximum atomic E-state index is 12.6. The molecule has 0 spiro atoms. The first-order valence-corrected chi connectivity index (χ1v) is 5.71. The molecule has 0 fully saturated rings. The molecule has 0 unspecified atom stereocenters. The smallest absolute Gasteiger partial charge is 0.422 e. The first-order valence-electron chi connectivity index (χ1n) is 4.59. The van der Waals surface area contributed by atoms with Gasteiger partial charge in [-0.2, -0.15) is 26.3 Å². The van der Waals surface area contributed by atoms with E-state index in [2.05, 4.69) is 20.7 Å². The van der Waals surface area contributed by atoms with Crippen molar-refractivity contribution in [3.05, 3.63) is 29.3 Å². The van der Waals surface area contributed by atoms with Gasteiger partial charge in [0.1, 0.15) is 5.75 Å². The quantitative estimate of drug-likeness (QED) is 0.581. The summed E-state index contributed by atoms with van der Waals surface area (Å²) in [6.07, 6.45) is -9.45. The Kier molecular flexibility index (Phi) is 4.52. The summed E-state index contributed by atoms with van der Waals surface area (Å²) >= 11 is 2.97. The van der Waals surface area contributed by atoms with Gasteiger partial charge in [-0.3, -0.25) is 0 Å². The second-order valence-electron chi connectivity index (χ2n) is 3.37. The number of hydrogen-bond donors (Lipinski definition) is 0. The molecule has 8 heteroatoms. The molecule has 1 aromatic rings. The van der Waals surface area contributed by atoms with Crippen LogP contribution in [0.5, 0.6) is 5.75 Å². The number of benzene rings is 1. The molecule has 1 nitrogen and oxygen atoms in total. The second kappa shape index (κ2) is 5.38. The molecule has 0 amide bonds. The standard InChI is InChI=1S/C10H7BrF6O/c11-4-6-1-2-8(18-5-9(12,13)14)7(3-6)10(15,16)17/h1-3H,4-5H2. The molecule has 0 heterocycles. The summed E-state index contributed by atoms with van der Waals surface area (Å²) in [5, 5.41) is 0.162. The zero-order valence-electron chi connectivity index (χ0n) is 8.70. The summed E-state index contributed by atoms with van der Waals surface area (Å²) in [5.41, 5.74) is -0.926. The molecule has 0 saturated carbocycles. The number of ether oxygens (including phenoxy) is 1. The van der Waals surface area contributed by atoms with Crippen LogP contribution in [-0.4, -0.2) is 12.8 Å². The molecule has 0 saturated heterocycles. The maximum Gasteiger partial charge on any atom is 0.422 e. The molecule has 102 valence electrons. The molecule has 0 atom stereocenters. The predicted molar refractivity (Wildman–Crippen MR) is 55.6 cm³/mol. The van der Waals surface area contributed by atoms with E-state index in [4.69, 9.17) is 0 Å². The third kappa shape index (κ3) is 4.40. The fraction of sp³-hybridized carbons (Fsp3) is 0.400. The molecule has 1 rings (SSSR count). The van der Waals surface area contributed by atoms with Gasteiger partial charge in [-0.15, -0.1) is 0 Å². The third-order valence-electron chi connectivity index (χ3n) is 1.90. The highest BCUT2D eigenvalue weighted by Crippen LogP contribution is 2.37. The fourth-order valence-corrected chi connectivity index (χ4v) is 1.52. The number of hydrogen-bond acceptors (Lipinski definition) is 1. The second-order valence-corrected chi connectivity index (χ2v) is 3.93. The van der Waals surface area contributed by atoms with Crippen LogP contribution in [0.15, 0.2) is 18.2 Å². The molecule has 0 aliphatic heterocycles. The van der Waals surface area contributed by atoms with E-state index >= 15 is 0 Å². The van der Waals surface area contributed by atoms with E-state index in [1.54, 1.807) is 0 Å². The molecule has 0 aliphatic rings. The van der Waals surface area contributed by atoms with Crippen LogP contribution in [0.3, 0.4) is 0 Å². The number of alkyl halides is 7. The van der Waals surface area contributed by atoms with Crippen molar-refractivity contribution in [3.63, 3.8) is 0 Å². The predicted octanol–water partition coefficient (Wildman–Crippen LogP) is 4.54. The Morgan fingerprint density at radius 2 is 1.67 bits per heavy atom. The largest absolute Gasteiger partial charge is 0.483 e. The summed E-state index contributed by atoms with van der Waals surface area (Å²) < 4.78 is 77.7. The van der Waals surface area contributed by atoms with Crippen LogP contribution < -0.4 is 4.74 Å². The minimum Gasteiger partial charge on any atom is -0.483 e. The van der Waals surface area contributed by atoms with E-state index in [0.717, 1.165) is 12.1 Å². The van der Waals surface area contributed by atoms with Gasteiger partial charge < -0.3 is 4.74 Å². The van der Waals surface area contributed by atoms with Gasteiger partial charge >= 0.3 is 12.4 Å². The Morgan fingerprint density at radius 1 is 1.06 bits per heavy atom. The Labute approximate surface area is 107 Å². The summed E-state index contributed by atoms with van der Waals surface area (Å²) in [7, 11) is 0. The SMILES string of the molecule is FC(F)(F)COc1ccc(CBr)cc1C(F)(F)F. The third-order valence-corrected chi connectivity index (χ3v) is 2.54. The van der Waals surface area contributed by atoms with Gasteiger partial charge in [0.15, 0.2) is 6.61 Å². The van der Waals surface area contributed by atoms with Crippen molar-refractivity contribution in [2.45, 2.75) is 17.7 Å². The lowest BCUT2D eigenvalue weighted by molar-refractivity contribution is -0.158. The van der Waals surface area contributed by atoms with Crippen molar-refractivity contribution >= 4 is 15.9 Å². The zero-order valence-corrected chi connectivity index (χ0v) is 10.3. The van der Waals surface area contributed by atoms with Gasteiger partial charge in [-0.1, -0.05) is 22.0 Å². The van der Waals surface area contributed by atoms with Gasteiger partial charge in [0, 0.05) is 5.33 Å². The van der Waals surface area contributed by atoms with Crippen molar-refractivity contribution in [2.75, 3.05) is 6.61 Å². The Hall–Kier alpha value is -0.920. The Bertz CT molecular complexity index is 412. The summed E-state index contributed by atoms with van der Waals surface area (Å²) in [5.74, 6) is -0.829. The molecule has 0 aromatic heterocycles. The molecule has 1 aromatic carbocycles. The Morgan fingerprint density at radius 3 is 2.11 bits per heavy atom. The molecule has 0 N–H and O–H groups in total. The highest BCUT2D eigenvalue weighted by atomic mass is 79.9. The average molecular weight is 337 g/mol. The van der Waals surface area contributed by atoms with Gasteiger partial charge in [-0.25, -0.2) is 0 Å². The first kappa shape index (κ1) is 15.1. The van der Waals surface area contributed by atoms with Crippen LogP contribution >= 0.6 is 15.9 Å². The highest BCUT2D eigenvalue weighted by Gasteiger charge is 2.36. The molecular formula is C10H7BrF6O. The summed E-state index contributed by atoms with van der Waals surface area (Å²) in [6, 6.07) is 2.89. The van der Waals surface area contributed by atoms with Gasteiger partial charge in [-0.05, 0) is 17.7 Å². The lowest BCUT2D eigenvalue weighted by Gasteiger charge is -2.15. The van der Waals surface area contributed by atoms with E-state index in [-0.39, 0.29) is 5.33 Å². The lowest BCUT2D eigenvalue weighted by atomic mass is 10.1. The van der Waals surface area contributed by atoms with E-state index in [0.29, 0.717) is 5.56 Å². The molecular weight excluding hydrogens is 330 g/mol. The topological polar surface area (TPSA) is 9.23 Å².